The fourth-order valence-electron chi connectivity index (χ4n) is 1.76. The molecule has 0 saturated carbocycles. The molecule has 17 heavy (non-hydrogen) atoms. The Morgan fingerprint density at radius 1 is 1.59 bits per heavy atom. The van der Waals surface area contributed by atoms with Crippen LogP contribution in [0.4, 0.5) is 5.69 Å². The smallest absolute Gasteiger partial charge is 0.270 e. The Morgan fingerprint density at radius 3 is 2.76 bits per heavy atom. The molecule has 0 atom stereocenters. The predicted octanol–water partition coefficient (Wildman–Crippen LogP) is 1.76. The minimum atomic E-state index is -0.381. The van der Waals surface area contributed by atoms with Crippen LogP contribution in [0.5, 0.6) is 0 Å². The van der Waals surface area contributed by atoms with Gasteiger partial charge in [0.1, 0.15) is 0 Å². The maximum absolute atomic E-state index is 10.6. The number of nitro groups is 1. The maximum Gasteiger partial charge on any atom is 0.270 e. The van der Waals surface area contributed by atoms with E-state index in [0.29, 0.717) is 6.04 Å². The van der Waals surface area contributed by atoms with E-state index < -0.39 is 0 Å². The van der Waals surface area contributed by atoms with E-state index in [2.05, 4.69) is 33.2 Å². The number of hydrogen-bond acceptors (Lipinski definition) is 4. The highest BCUT2D eigenvalue weighted by atomic mass is 79.9. The largest absolute Gasteiger partial charge is 0.314 e. The summed E-state index contributed by atoms with van der Waals surface area (Å²) in [4.78, 5) is 12.5. The lowest BCUT2D eigenvalue weighted by Crippen LogP contribution is -2.55. The van der Waals surface area contributed by atoms with Gasteiger partial charge in [0.25, 0.3) is 5.69 Å². The highest BCUT2D eigenvalue weighted by Gasteiger charge is 2.22. The number of rotatable bonds is 4. The van der Waals surface area contributed by atoms with Crippen molar-refractivity contribution < 1.29 is 4.92 Å². The number of nitrogens with one attached hydrogen (secondary N) is 1. The van der Waals surface area contributed by atoms with Gasteiger partial charge in [0.2, 0.25) is 0 Å². The molecule has 0 bridgehead atoms. The van der Waals surface area contributed by atoms with Gasteiger partial charge in [-0.3, -0.25) is 15.0 Å². The Hall–Kier alpha value is -0.980. The summed E-state index contributed by atoms with van der Waals surface area (Å²) in [7, 11) is 2.07. The summed E-state index contributed by atoms with van der Waals surface area (Å²) in [5.74, 6) is 0. The lowest BCUT2D eigenvalue weighted by molar-refractivity contribution is -0.384. The van der Waals surface area contributed by atoms with Crippen molar-refractivity contribution in [2.24, 2.45) is 0 Å². The molecule has 0 unspecified atom stereocenters. The second-order valence-corrected chi connectivity index (χ2v) is 5.11. The molecule has 1 aromatic carbocycles. The fourth-order valence-corrected chi connectivity index (χ4v) is 2.25. The van der Waals surface area contributed by atoms with E-state index >= 15 is 0 Å². The standard InChI is InChI=1S/C11H14BrN3O2/c1-14(10-5-13-6-10)7-8-2-3-9(15(16)17)4-11(8)12/h2-4,10,13H,5-7H2,1H3. The normalized spacial score (nSPS) is 15.9. The van der Waals surface area contributed by atoms with Crippen LogP contribution in [-0.2, 0) is 6.54 Å². The summed E-state index contributed by atoms with van der Waals surface area (Å²) < 4.78 is 0.797. The van der Waals surface area contributed by atoms with Crippen molar-refractivity contribution in [2.75, 3.05) is 20.1 Å². The molecule has 6 heteroatoms. The molecule has 2 rings (SSSR count). The van der Waals surface area contributed by atoms with Crippen LogP contribution in [0.2, 0.25) is 0 Å². The third-order valence-electron chi connectivity index (χ3n) is 3.05. The SMILES string of the molecule is CN(Cc1ccc([N+](=O)[O-])cc1Br)C1CNC1. The topological polar surface area (TPSA) is 58.4 Å². The van der Waals surface area contributed by atoms with Crippen LogP contribution in [0.3, 0.4) is 0 Å². The van der Waals surface area contributed by atoms with Crippen LogP contribution in [0, 0.1) is 10.1 Å². The van der Waals surface area contributed by atoms with Crippen molar-refractivity contribution in [3.05, 3.63) is 38.3 Å². The Bertz CT molecular complexity index is 435. The molecule has 0 radical (unpaired) electrons. The van der Waals surface area contributed by atoms with Crippen LogP contribution in [0.25, 0.3) is 0 Å². The van der Waals surface area contributed by atoms with Crippen molar-refractivity contribution >= 4 is 21.6 Å². The van der Waals surface area contributed by atoms with Crippen molar-refractivity contribution in [1.82, 2.24) is 10.2 Å². The fraction of sp³-hybridized carbons (Fsp3) is 0.455. The average molecular weight is 300 g/mol. The van der Waals surface area contributed by atoms with Crippen LogP contribution in [0.15, 0.2) is 22.7 Å². The summed E-state index contributed by atoms with van der Waals surface area (Å²) in [6, 6.07) is 5.48. The van der Waals surface area contributed by atoms with Gasteiger partial charge in [-0.2, -0.15) is 0 Å². The molecule has 1 N–H and O–H groups in total. The van der Waals surface area contributed by atoms with Crippen molar-refractivity contribution in [3.63, 3.8) is 0 Å². The lowest BCUT2D eigenvalue weighted by atomic mass is 10.1. The van der Waals surface area contributed by atoms with Crippen LogP contribution in [0.1, 0.15) is 5.56 Å². The zero-order valence-electron chi connectivity index (χ0n) is 9.52. The third-order valence-corrected chi connectivity index (χ3v) is 3.79. The van der Waals surface area contributed by atoms with Crippen LogP contribution >= 0.6 is 15.9 Å². The molecule has 0 spiro atoms. The molecule has 1 fully saturated rings. The molecule has 1 saturated heterocycles. The van der Waals surface area contributed by atoms with E-state index in [1.807, 2.05) is 6.07 Å². The molecule has 5 nitrogen and oxygen atoms in total. The van der Waals surface area contributed by atoms with Crippen molar-refractivity contribution in [3.8, 4) is 0 Å². The quantitative estimate of drug-likeness (QED) is 0.680. The van der Waals surface area contributed by atoms with Gasteiger partial charge in [-0.15, -0.1) is 0 Å². The molecule has 1 heterocycles. The number of nitrogens with zero attached hydrogens (tertiary/aromatic N) is 2. The van der Waals surface area contributed by atoms with E-state index in [9.17, 15) is 10.1 Å². The van der Waals surface area contributed by atoms with Gasteiger partial charge in [0.05, 0.1) is 4.92 Å². The monoisotopic (exact) mass is 299 g/mol. The Balaban J connectivity index is 2.07. The van der Waals surface area contributed by atoms with Gasteiger partial charge in [-0.1, -0.05) is 15.9 Å². The van der Waals surface area contributed by atoms with Crippen molar-refractivity contribution in [2.45, 2.75) is 12.6 Å². The molecular formula is C11H14BrN3O2. The van der Waals surface area contributed by atoms with Gasteiger partial charge in [0, 0.05) is 42.3 Å². The van der Waals surface area contributed by atoms with Gasteiger partial charge >= 0.3 is 0 Å². The van der Waals surface area contributed by atoms with E-state index in [1.54, 1.807) is 12.1 Å². The van der Waals surface area contributed by atoms with Crippen LogP contribution < -0.4 is 5.32 Å². The minimum absolute atomic E-state index is 0.119. The number of likely N-dealkylation sites (N-methyl/N-ethyl adjacent to an activating group) is 1. The van der Waals surface area contributed by atoms with Gasteiger partial charge in [-0.25, -0.2) is 0 Å². The lowest BCUT2D eigenvalue weighted by Gasteiger charge is -2.35. The number of non-ortho nitro benzene ring substituents is 1. The highest BCUT2D eigenvalue weighted by molar-refractivity contribution is 9.10. The number of benzene rings is 1. The first-order valence-corrected chi connectivity index (χ1v) is 6.21. The second-order valence-electron chi connectivity index (χ2n) is 4.26. The molecule has 1 aliphatic heterocycles. The van der Waals surface area contributed by atoms with Crippen molar-refractivity contribution in [1.29, 1.82) is 0 Å². The summed E-state index contributed by atoms with van der Waals surface area (Å²) in [6.45, 7) is 2.83. The number of halogens is 1. The van der Waals surface area contributed by atoms with E-state index in [1.165, 1.54) is 0 Å². The first-order chi connectivity index (χ1) is 8.08. The zero-order chi connectivity index (χ0) is 12.4. The minimum Gasteiger partial charge on any atom is -0.314 e. The predicted molar refractivity (Wildman–Crippen MR) is 68.9 cm³/mol. The van der Waals surface area contributed by atoms with Gasteiger partial charge < -0.3 is 5.32 Å². The van der Waals surface area contributed by atoms with E-state index in [-0.39, 0.29) is 10.6 Å². The summed E-state index contributed by atoms with van der Waals surface area (Å²) in [5.41, 5.74) is 1.19. The summed E-state index contributed by atoms with van der Waals surface area (Å²) >= 11 is 3.39. The highest BCUT2D eigenvalue weighted by Crippen LogP contribution is 2.24. The van der Waals surface area contributed by atoms with E-state index in [4.69, 9.17) is 0 Å². The summed E-state index contributed by atoms with van der Waals surface area (Å²) in [6.07, 6.45) is 0. The molecule has 1 aromatic rings. The molecule has 0 aliphatic carbocycles. The molecule has 92 valence electrons. The Morgan fingerprint density at radius 2 is 2.29 bits per heavy atom. The number of nitro benzene ring substituents is 1. The summed E-state index contributed by atoms with van der Waals surface area (Å²) in [5, 5.41) is 13.8. The Labute approximate surface area is 108 Å². The molecule has 1 aliphatic rings. The second kappa shape index (κ2) is 5.12. The maximum atomic E-state index is 10.6. The Kier molecular flexibility index (Phi) is 3.76. The first kappa shape index (κ1) is 12.5. The third kappa shape index (κ3) is 2.83. The molecular weight excluding hydrogens is 286 g/mol. The first-order valence-electron chi connectivity index (χ1n) is 5.41. The van der Waals surface area contributed by atoms with Crippen LogP contribution in [-0.4, -0.2) is 36.0 Å². The average Bonchev–Trinajstić information content (AvgIpc) is 2.18. The molecule has 0 amide bonds. The van der Waals surface area contributed by atoms with E-state index in [0.717, 1.165) is 29.7 Å². The van der Waals surface area contributed by atoms with Gasteiger partial charge in [-0.05, 0) is 18.7 Å². The molecule has 0 aromatic heterocycles. The van der Waals surface area contributed by atoms with Gasteiger partial charge in [0.15, 0.2) is 0 Å². The number of hydrogen-bond donors (Lipinski definition) is 1. The zero-order valence-corrected chi connectivity index (χ0v) is 11.1.